The standard InChI is InChI=1S/C20H31N6OP/c1-2-10-19(11-3-1)20-18-26(22-21-20)27-28(23-12-4-5-13-23,24-14-6-7-15-24)25-16-8-9-17-25/h1-3,10-11,18,28H,4-9,12-17H2. The Morgan fingerprint density at radius 1 is 0.714 bits per heavy atom. The predicted molar refractivity (Wildman–Crippen MR) is 113 cm³/mol. The van der Waals surface area contributed by atoms with Crippen LogP contribution in [0, 0.1) is 0 Å². The van der Waals surface area contributed by atoms with Gasteiger partial charge < -0.3 is 0 Å². The van der Waals surface area contributed by atoms with Crippen molar-refractivity contribution in [2.45, 2.75) is 38.5 Å². The Bertz CT molecular complexity index is 725. The molecule has 0 atom stereocenters. The summed E-state index contributed by atoms with van der Waals surface area (Å²) in [6, 6.07) is 10.2. The van der Waals surface area contributed by atoms with Crippen molar-refractivity contribution in [1.29, 1.82) is 0 Å². The molecule has 4 heterocycles. The van der Waals surface area contributed by atoms with E-state index in [0.29, 0.717) is 0 Å². The summed E-state index contributed by atoms with van der Waals surface area (Å²) in [5.41, 5.74) is 1.95. The van der Waals surface area contributed by atoms with Crippen LogP contribution in [-0.4, -0.2) is 68.4 Å². The van der Waals surface area contributed by atoms with Crippen molar-refractivity contribution < 1.29 is 4.62 Å². The molecule has 0 saturated carbocycles. The minimum atomic E-state index is -2.46. The molecule has 0 spiro atoms. The van der Waals surface area contributed by atoms with E-state index in [4.69, 9.17) is 4.62 Å². The van der Waals surface area contributed by atoms with Crippen LogP contribution in [-0.2, 0) is 0 Å². The third-order valence-corrected chi connectivity index (χ3v) is 10.6. The first-order valence-corrected chi connectivity index (χ1v) is 12.5. The normalized spacial score (nSPS) is 22.9. The number of hydrogen-bond donors (Lipinski definition) is 0. The molecule has 3 aliphatic heterocycles. The Balaban J connectivity index is 1.49. The van der Waals surface area contributed by atoms with Gasteiger partial charge in [0, 0.05) is 0 Å². The maximum atomic E-state index is 6.92. The van der Waals surface area contributed by atoms with Crippen LogP contribution in [0.4, 0.5) is 0 Å². The Morgan fingerprint density at radius 3 is 1.71 bits per heavy atom. The van der Waals surface area contributed by atoms with Gasteiger partial charge in [0.25, 0.3) is 0 Å². The Hall–Kier alpha value is -1.53. The van der Waals surface area contributed by atoms with Gasteiger partial charge in [-0.1, -0.05) is 0 Å². The van der Waals surface area contributed by atoms with E-state index in [-0.39, 0.29) is 0 Å². The van der Waals surface area contributed by atoms with Crippen LogP contribution >= 0.6 is 7.94 Å². The molecule has 0 amide bonds. The van der Waals surface area contributed by atoms with Gasteiger partial charge in [-0.25, -0.2) is 0 Å². The van der Waals surface area contributed by atoms with Crippen LogP contribution in [0.3, 0.4) is 0 Å². The van der Waals surface area contributed by atoms with Gasteiger partial charge in [-0.2, -0.15) is 0 Å². The van der Waals surface area contributed by atoms with Crippen molar-refractivity contribution in [2.24, 2.45) is 0 Å². The molecule has 3 fully saturated rings. The SMILES string of the molecule is c1ccc(-c2cn(O[PH](N3CCCC3)(N3CCCC3)N3CCCC3)nn2)cc1. The van der Waals surface area contributed by atoms with E-state index < -0.39 is 7.94 Å². The van der Waals surface area contributed by atoms with E-state index in [1.54, 1.807) is 4.85 Å². The molecule has 0 aliphatic carbocycles. The zero-order valence-corrected chi connectivity index (χ0v) is 17.5. The van der Waals surface area contributed by atoms with Gasteiger partial charge in [0.05, 0.1) is 0 Å². The molecule has 152 valence electrons. The fraction of sp³-hybridized carbons (Fsp3) is 0.600. The monoisotopic (exact) mass is 402 g/mol. The fourth-order valence-corrected chi connectivity index (χ4v) is 9.54. The molecule has 0 radical (unpaired) electrons. The van der Waals surface area contributed by atoms with Gasteiger partial charge >= 0.3 is 167 Å². The molecular formula is C20H31N6OP. The van der Waals surface area contributed by atoms with E-state index in [9.17, 15) is 0 Å². The summed E-state index contributed by atoms with van der Waals surface area (Å²) < 4.78 is 14.9. The first kappa shape index (κ1) is 18.5. The third kappa shape index (κ3) is 3.35. The van der Waals surface area contributed by atoms with Gasteiger partial charge in [0.2, 0.25) is 0 Å². The molecule has 3 aliphatic rings. The van der Waals surface area contributed by atoms with Gasteiger partial charge in [0.15, 0.2) is 0 Å². The van der Waals surface area contributed by atoms with E-state index in [0.717, 1.165) is 50.5 Å². The molecule has 1 aromatic heterocycles. The summed E-state index contributed by atoms with van der Waals surface area (Å²) >= 11 is 0. The Labute approximate surface area is 167 Å². The van der Waals surface area contributed by atoms with E-state index in [2.05, 4.69) is 36.5 Å². The van der Waals surface area contributed by atoms with E-state index in [1.807, 2.05) is 24.4 Å². The topological polar surface area (TPSA) is 49.7 Å². The number of benzene rings is 1. The van der Waals surface area contributed by atoms with Crippen molar-refractivity contribution >= 4 is 7.94 Å². The summed E-state index contributed by atoms with van der Waals surface area (Å²) in [5.74, 6) is 0. The number of rotatable bonds is 6. The molecule has 0 bridgehead atoms. The molecule has 3 saturated heterocycles. The molecular weight excluding hydrogens is 371 g/mol. The number of aromatic nitrogens is 3. The van der Waals surface area contributed by atoms with Gasteiger partial charge in [0.1, 0.15) is 0 Å². The average Bonchev–Trinajstić information content (AvgIpc) is 3.54. The molecule has 2 aromatic rings. The summed E-state index contributed by atoms with van der Waals surface area (Å²) in [4.78, 5) is 1.67. The molecule has 1 aromatic carbocycles. The van der Waals surface area contributed by atoms with Crippen LogP contribution in [0.15, 0.2) is 36.5 Å². The Morgan fingerprint density at radius 2 is 1.21 bits per heavy atom. The molecule has 5 rings (SSSR count). The fourth-order valence-electron chi connectivity index (χ4n) is 4.96. The number of nitrogens with zero attached hydrogens (tertiary/aromatic N) is 6. The maximum absolute atomic E-state index is 6.92. The predicted octanol–water partition coefficient (Wildman–Crippen LogP) is 3.07. The summed E-state index contributed by atoms with van der Waals surface area (Å²) in [6.45, 7) is 6.83. The zero-order valence-electron chi connectivity index (χ0n) is 16.5. The van der Waals surface area contributed by atoms with Crippen LogP contribution in [0.1, 0.15) is 38.5 Å². The summed E-state index contributed by atoms with van der Waals surface area (Å²) in [7, 11) is -2.46. The first-order chi connectivity index (χ1) is 13.9. The number of hydrogen-bond acceptors (Lipinski definition) is 6. The minimum absolute atomic E-state index is 0.868. The molecule has 0 N–H and O–H groups in total. The second-order valence-electron chi connectivity index (χ2n) is 8.12. The van der Waals surface area contributed by atoms with E-state index in [1.165, 1.54) is 38.5 Å². The zero-order chi connectivity index (χ0) is 18.8. The summed E-state index contributed by atoms with van der Waals surface area (Å²) in [6.07, 6.45) is 9.58. The van der Waals surface area contributed by atoms with Crippen molar-refractivity contribution in [3.05, 3.63) is 36.5 Å². The first-order valence-electron chi connectivity index (χ1n) is 10.8. The van der Waals surface area contributed by atoms with Gasteiger partial charge in [-0.05, 0) is 0 Å². The summed E-state index contributed by atoms with van der Waals surface area (Å²) in [5, 5.41) is 8.80. The second kappa shape index (κ2) is 8.07. The molecule has 8 heteroatoms. The average molecular weight is 402 g/mol. The van der Waals surface area contributed by atoms with Gasteiger partial charge in [-0.15, -0.1) is 0 Å². The molecule has 7 nitrogen and oxygen atoms in total. The van der Waals surface area contributed by atoms with Crippen LogP contribution in [0.2, 0.25) is 0 Å². The van der Waals surface area contributed by atoms with E-state index >= 15 is 0 Å². The quantitative estimate of drug-likeness (QED) is 0.693. The Kier molecular flexibility index (Phi) is 5.33. The van der Waals surface area contributed by atoms with Crippen molar-refractivity contribution in [1.82, 2.24) is 29.2 Å². The van der Waals surface area contributed by atoms with Crippen LogP contribution in [0.5, 0.6) is 0 Å². The second-order valence-corrected chi connectivity index (χ2v) is 11.3. The van der Waals surface area contributed by atoms with Crippen LogP contribution < -0.4 is 4.62 Å². The van der Waals surface area contributed by atoms with Crippen LogP contribution in [0.25, 0.3) is 11.3 Å². The van der Waals surface area contributed by atoms with Crippen molar-refractivity contribution in [2.75, 3.05) is 39.3 Å². The third-order valence-electron chi connectivity index (χ3n) is 6.31. The van der Waals surface area contributed by atoms with Gasteiger partial charge in [-0.3, -0.25) is 0 Å². The molecule has 0 unspecified atom stereocenters. The van der Waals surface area contributed by atoms with Crippen molar-refractivity contribution in [3.63, 3.8) is 0 Å². The van der Waals surface area contributed by atoms with Crippen molar-refractivity contribution in [3.8, 4) is 11.3 Å². The molecule has 28 heavy (non-hydrogen) atoms.